The van der Waals surface area contributed by atoms with Crippen LogP contribution in [0.15, 0.2) is 76.0 Å². The number of amides is 1. The van der Waals surface area contributed by atoms with Crippen LogP contribution in [0, 0.1) is 0 Å². The lowest BCUT2D eigenvalue weighted by Crippen LogP contribution is -2.48. The summed E-state index contributed by atoms with van der Waals surface area (Å²) >= 11 is 13.4. The molecular weight excluding hydrogens is 649 g/mol. The molecule has 0 radical (unpaired) electrons. The van der Waals surface area contributed by atoms with E-state index in [1.807, 2.05) is 11.0 Å². The summed E-state index contributed by atoms with van der Waals surface area (Å²) in [4.78, 5) is 45.9. The van der Waals surface area contributed by atoms with E-state index in [0.717, 1.165) is 25.9 Å². The number of carbonyl (C=O) groups excluding carboxylic acids is 3. The Morgan fingerprint density at radius 1 is 0.826 bits per heavy atom. The quantitative estimate of drug-likeness (QED) is 0.359. The zero-order valence-corrected chi connectivity index (χ0v) is 28.4. The second kappa shape index (κ2) is 15.6. The zero-order chi connectivity index (χ0) is 32.8. The predicted molar refractivity (Wildman–Crippen MR) is 178 cm³/mol. The van der Waals surface area contributed by atoms with Crippen molar-refractivity contribution in [3.8, 4) is 0 Å². The van der Waals surface area contributed by atoms with Gasteiger partial charge in [-0.15, -0.1) is 0 Å². The second-order valence-electron chi connectivity index (χ2n) is 11.6. The van der Waals surface area contributed by atoms with Gasteiger partial charge in [0.25, 0.3) is 0 Å². The van der Waals surface area contributed by atoms with Gasteiger partial charge in [-0.05, 0) is 63.0 Å². The van der Waals surface area contributed by atoms with Gasteiger partial charge < -0.3 is 24.6 Å². The van der Waals surface area contributed by atoms with Crippen molar-refractivity contribution in [3.05, 3.63) is 86.7 Å². The highest BCUT2D eigenvalue weighted by Gasteiger charge is 2.42. The first-order valence-corrected chi connectivity index (χ1v) is 17.6. The Morgan fingerprint density at radius 2 is 1.41 bits per heavy atom. The molecule has 0 bridgehead atoms. The molecule has 0 aromatic heterocycles. The fourth-order valence-electron chi connectivity index (χ4n) is 6.65. The van der Waals surface area contributed by atoms with Crippen molar-refractivity contribution in [1.82, 2.24) is 15.1 Å². The van der Waals surface area contributed by atoms with Gasteiger partial charge in [-0.2, -0.15) is 0 Å². The molecular formula is C34H39Cl2N3O6S. The van der Waals surface area contributed by atoms with Crippen molar-refractivity contribution in [2.45, 2.75) is 55.4 Å². The number of dihydropyridines is 1. The van der Waals surface area contributed by atoms with Crippen molar-refractivity contribution in [2.75, 3.05) is 46.2 Å². The highest BCUT2D eigenvalue weighted by Crippen LogP contribution is 2.45. The van der Waals surface area contributed by atoms with Gasteiger partial charge in [0.1, 0.15) is 0 Å². The highest BCUT2D eigenvalue weighted by atomic mass is 35.5. The molecule has 2 fully saturated rings. The summed E-state index contributed by atoms with van der Waals surface area (Å²) in [5.41, 5.74) is 0.797. The van der Waals surface area contributed by atoms with E-state index in [4.69, 9.17) is 32.7 Å². The second-order valence-corrected chi connectivity index (χ2v) is 13.9. The molecule has 9 nitrogen and oxygen atoms in total. The van der Waals surface area contributed by atoms with Crippen molar-refractivity contribution in [3.63, 3.8) is 0 Å². The maximum absolute atomic E-state index is 13.9. The molecule has 0 spiro atoms. The van der Waals surface area contributed by atoms with Crippen molar-refractivity contribution in [1.29, 1.82) is 0 Å². The number of hydrogen-bond donors (Lipinski definition) is 1. The molecule has 2 unspecified atom stereocenters. The largest absolute Gasteiger partial charge is 0.466 e. The number of benzene rings is 2. The lowest BCUT2D eigenvalue weighted by Gasteiger charge is -2.40. The normalized spacial score (nSPS) is 20.3. The molecule has 3 heterocycles. The Kier molecular flexibility index (Phi) is 11.6. The third kappa shape index (κ3) is 7.51. The van der Waals surface area contributed by atoms with Crippen LogP contribution < -0.4 is 5.32 Å². The molecule has 3 aliphatic heterocycles. The third-order valence-electron chi connectivity index (χ3n) is 8.96. The lowest BCUT2D eigenvalue weighted by molar-refractivity contribution is -0.137. The van der Waals surface area contributed by atoms with E-state index >= 15 is 0 Å². The summed E-state index contributed by atoms with van der Waals surface area (Å²) in [7, 11) is 0.854. The molecule has 246 valence electrons. The molecule has 3 aliphatic rings. The van der Waals surface area contributed by atoms with Gasteiger partial charge >= 0.3 is 11.9 Å². The van der Waals surface area contributed by atoms with Crippen LogP contribution in [0.2, 0.25) is 10.0 Å². The number of methoxy groups -OCH3 is 2. The molecule has 2 saturated heterocycles. The van der Waals surface area contributed by atoms with Crippen LogP contribution >= 0.6 is 23.2 Å². The zero-order valence-electron chi connectivity index (χ0n) is 26.1. The van der Waals surface area contributed by atoms with Crippen LogP contribution in [0.4, 0.5) is 0 Å². The molecule has 0 aliphatic carbocycles. The van der Waals surface area contributed by atoms with E-state index in [-0.39, 0.29) is 56.2 Å². The third-order valence-corrected chi connectivity index (χ3v) is 11.0. The van der Waals surface area contributed by atoms with E-state index in [0.29, 0.717) is 24.0 Å². The van der Waals surface area contributed by atoms with Crippen LogP contribution in [-0.4, -0.2) is 84.0 Å². The number of nitrogens with zero attached hydrogens (tertiary/aromatic N) is 2. The van der Waals surface area contributed by atoms with E-state index in [9.17, 15) is 18.6 Å². The number of halogens is 2. The summed E-state index contributed by atoms with van der Waals surface area (Å²) in [5.74, 6) is -2.97. The smallest absolute Gasteiger partial charge is 0.336 e. The average molecular weight is 689 g/mol. The summed E-state index contributed by atoms with van der Waals surface area (Å²) in [5, 5.41) is 3.59. The number of likely N-dealkylation sites (tertiary alicyclic amines) is 2. The molecule has 1 N–H and O–H groups in total. The van der Waals surface area contributed by atoms with E-state index in [1.54, 1.807) is 42.5 Å². The Morgan fingerprint density at radius 3 is 2.00 bits per heavy atom. The Labute approximate surface area is 282 Å². The van der Waals surface area contributed by atoms with Gasteiger partial charge in [0.2, 0.25) is 5.91 Å². The fraction of sp³-hybridized carbons (Fsp3) is 0.441. The molecule has 5 rings (SSSR count). The minimum absolute atomic E-state index is 0.0146. The summed E-state index contributed by atoms with van der Waals surface area (Å²) in [6.45, 7) is 3.42. The van der Waals surface area contributed by atoms with Crippen molar-refractivity contribution < 1.29 is 28.1 Å². The van der Waals surface area contributed by atoms with Crippen LogP contribution in [0.5, 0.6) is 0 Å². The summed E-state index contributed by atoms with van der Waals surface area (Å²) in [6, 6.07) is 14.1. The summed E-state index contributed by atoms with van der Waals surface area (Å²) < 4.78 is 24.0. The van der Waals surface area contributed by atoms with Crippen LogP contribution in [0.1, 0.15) is 50.0 Å². The first-order valence-electron chi connectivity index (χ1n) is 15.5. The average Bonchev–Trinajstić information content (AvgIpc) is 3.08. The monoisotopic (exact) mass is 687 g/mol. The maximum atomic E-state index is 13.9. The first-order chi connectivity index (χ1) is 22.2. The van der Waals surface area contributed by atoms with Gasteiger partial charge in [-0.1, -0.05) is 53.9 Å². The lowest BCUT2D eigenvalue weighted by atomic mass is 9.79. The van der Waals surface area contributed by atoms with Crippen molar-refractivity contribution in [2.24, 2.45) is 0 Å². The first kappa shape index (κ1) is 34.2. The number of piperidine rings is 2. The SMILES string of the molecule is COC(=O)C1=C(CC(=O)N2CCC(N3CCCCC3)CC2)NC(CS(=O)c2ccccc2)=C(C(=O)OC)C1c1c(Cl)cccc1Cl. The molecule has 2 aromatic rings. The number of rotatable bonds is 9. The molecule has 2 aromatic carbocycles. The minimum atomic E-state index is -1.60. The van der Waals surface area contributed by atoms with Gasteiger partial charge in [-0.25, -0.2) is 9.59 Å². The molecule has 2 atom stereocenters. The molecule has 46 heavy (non-hydrogen) atoms. The topological polar surface area (TPSA) is 105 Å². The number of nitrogens with one attached hydrogen (secondary N) is 1. The van der Waals surface area contributed by atoms with Crippen LogP contribution in [0.25, 0.3) is 0 Å². The molecule has 1 amide bonds. The number of carbonyl (C=O) groups is 3. The number of hydrogen-bond acceptors (Lipinski definition) is 8. The number of esters is 2. The molecule has 0 saturated carbocycles. The minimum Gasteiger partial charge on any atom is -0.466 e. The van der Waals surface area contributed by atoms with Gasteiger partial charge in [0, 0.05) is 51.0 Å². The van der Waals surface area contributed by atoms with E-state index in [2.05, 4.69) is 10.2 Å². The van der Waals surface area contributed by atoms with Crippen molar-refractivity contribution >= 4 is 51.8 Å². The van der Waals surface area contributed by atoms with E-state index < -0.39 is 28.7 Å². The molecule has 12 heteroatoms. The number of ether oxygens (including phenoxy) is 2. The maximum Gasteiger partial charge on any atom is 0.336 e. The van der Waals surface area contributed by atoms with Crippen LogP contribution in [0.3, 0.4) is 0 Å². The van der Waals surface area contributed by atoms with E-state index in [1.165, 1.54) is 33.5 Å². The Balaban J connectivity index is 1.54. The summed E-state index contributed by atoms with van der Waals surface area (Å²) in [6.07, 6.45) is 5.29. The Hall–Kier alpha value is -3.18. The predicted octanol–water partition coefficient (Wildman–Crippen LogP) is 5.21. The Bertz CT molecular complexity index is 1530. The highest BCUT2D eigenvalue weighted by molar-refractivity contribution is 7.85. The standard InChI is InChI=1S/C34H39Cl2N3O6S/c1-44-33(41)30-26(20-28(40)39-18-14-22(15-19-39)38-16-7-4-8-17-38)37-27(21-46(43)23-10-5-3-6-11-23)31(34(42)45-2)32(30)29-24(35)12-9-13-25(29)36/h3,5-6,9-13,22,32,37H,4,7-8,14-21H2,1-2H3. The van der Waals surface area contributed by atoms with Gasteiger partial charge in [0.05, 0.1) is 54.3 Å². The fourth-order valence-corrected chi connectivity index (χ4v) is 8.39. The van der Waals surface area contributed by atoms with Crippen LogP contribution in [-0.2, 0) is 34.7 Å². The van der Waals surface area contributed by atoms with Gasteiger partial charge in [0.15, 0.2) is 0 Å². The van der Waals surface area contributed by atoms with Gasteiger partial charge in [-0.3, -0.25) is 9.00 Å².